The largest absolute Gasteiger partial charge is 0.490 e. The summed E-state index contributed by atoms with van der Waals surface area (Å²) in [5.74, 6) is 0.486. The maximum atomic E-state index is 5.99. The van der Waals surface area contributed by atoms with Gasteiger partial charge in [-0.2, -0.15) is 0 Å². The molecular weight excluding hydrogens is 296 g/mol. The van der Waals surface area contributed by atoms with Crippen molar-refractivity contribution in [1.29, 1.82) is 0 Å². The first-order valence-corrected chi connectivity index (χ1v) is 6.75. The Morgan fingerprint density at radius 3 is 2.33 bits per heavy atom. The molecule has 0 atom stereocenters. The molecule has 0 saturated carbocycles. The van der Waals surface area contributed by atoms with E-state index < -0.39 is 0 Å². The smallest absolute Gasteiger partial charge is 0.156 e. The number of methoxy groups -OCH3 is 1. The minimum Gasteiger partial charge on any atom is -0.490 e. The van der Waals surface area contributed by atoms with Crippen LogP contribution in [-0.2, 0) is 4.74 Å². The molecule has 0 aliphatic heterocycles. The monoisotopic (exact) mass is 311 g/mol. The Morgan fingerprint density at radius 2 is 1.72 bits per heavy atom. The van der Waals surface area contributed by atoms with Crippen LogP contribution in [0.1, 0.15) is 6.42 Å². The zero-order valence-electron chi connectivity index (χ0n) is 10.1. The fourth-order valence-corrected chi connectivity index (χ4v) is 2.26. The highest BCUT2D eigenvalue weighted by atomic mass is 35.5. The van der Waals surface area contributed by atoms with E-state index >= 15 is 0 Å². The lowest BCUT2D eigenvalue weighted by Crippen LogP contribution is -2.21. The van der Waals surface area contributed by atoms with Crippen LogP contribution < -0.4 is 10.1 Å². The van der Waals surface area contributed by atoms with E-state index in [-0.39, 0.29) is 0 Å². The average molecular weight is 313 g/mol. The first-order chi connectivity index (χ1) is 8.65. The third-order valence-corrected chi connectivity index (χ3v) is 2.97. The van der Waals surface area contributed by atoms with Gasteiger partial charge >= 0.3 is 0 Å². The summed E-state index contributed by atoms with van der Waals surface area (Å²) in [6.07, 6.45) is 0.860. The molecule has 1 N–H and O–H groups in total. The Morgan fingerprint density at radius 1 is 1.06 bits per heavy atom. The Kier molecular flexibility index (Phi) is 7.79. The van der Waals surface area contributed by atoms with Gasteiger partial charge in [-0.05, 0) is 25.1 Å². The highest BCUT2D eigenvalue weighted by molar-refractivity contribution is 6.40. The van der Waals surface area contributed by atoms with Crippen molar-refractivity contribution < 1.29 is 9.47 Å². The number of nitrogens with one attached hydrogen (secondary N) is 1. The Labute approximate surface area is 122 Å². The van der Waals surface area contributed by atoms with Crippen molar-refractivity contribution in [3.63, 3.8) is 0 Å². The van der Waals surface area contributed by atoms with Gasteiger partial charge in [-0.15, -0.1) is 0 Å². The van der Waals surface area contributed by atoms with Gasteiger partial charge in [0.15, 0.2) is 5.75 Å². The number of halogens is 3. The van der Waals surface area contributed by atoms with Crippen LogP contribution in [-0.4, -0.2) is 33.4 Å². The average Bonchev–Trinajstić information content (AvgIpc) is 2.30. The van der Waals surface area contributed by atoms with Gasteiger partial charge in [0.05, 0.1) is 23.3 Å². The lowest BCUT2D eigenvalue weighted by atomic mass is 10.3. The summed E-state index contributed by atoms with van der Waals surface area (Å²) in [6.45, 7) is 2.93. The molecule has 6 heteroatoms. The van der Waals surface area contributed by atoms with Gasteiger partial charge in [-0.25, -0.2) is 0 Å². The van der Waals surface area contributed by atoms with Crippen molar-refractivity contribution in [2.75, 3.05) is 33.4 Å². The molecule has 0 aliphatic carbocycles. The van der Waals surface area contributed by atoms with Crippen LogP contribution in [0.2, 0.25) is 15.1 Å². The van der Waals surface area contributed by atoms with E-state index in [2.05, 4.69) is 5.32 Å². The molecule has 0 unspecified atom stereocenters. The molecule has 3 nitrogen and oxygen atoms in total. The molecule has 1 aromatic carbocycles. The summed E-state index contributed by atoms with van der Waals surface area (Å²) in [5, 5.41) is 4.58. The fourth-order valence-electron chi connectivity index (χ4n) is 1.34. The normalized spacial score (nSPS) is 10.7. The summed E-state index contributed by atoms with van der Waals surface area (Å²) >= 11 is 17.8. The van der Waals surface area contributed by atoms with Crippen LogP contribution in [0.4, 0.5) is 0 Å². The van der Waals surface area contributed by atoms with Gasteiger partial charge in [0.25, 0.3) is 0 Å². The van der Waals surface area contributed by atoms with Crippen molar-refractivity contribution in [2.24, 2.45) is 0 Å². The van der Waals surface area contributed by atoms with Crippen LogP contribution in [0.3, 0.4) is 0 Å². The molecule has 18 heavy (non-hydrogen) atoms. The molecule has 0 aromatic heterocycles. The van der Waals surface area contributed by atoms with Gasteiger partial charge < -0.3 is 14.8 Å². The maximum absolute atomic E-state index is 5.99. The number of benzene rings is 1. The number of hydrogen-bond acceptors (Lipinski definition) is 3. The highest BCUT2D eigenvalue weighted by Crippen LogP contribution is 2.35. The number of hydrogen-bond donors (Lipinski definition) is 1. The molecule has 0 radical (unpaired) electrons. The Hall–Kier alpha value is -0.190. The minimum absolute atomic E-state index is 0.430. The first-order valence-electron chi connectivity index (χ1n) is 5.62. The zero-order valence-corrected chi connectivity index (χ0v) is 12.4. The second kappa shape index (κ2) is 8.83. The second-order valence-corrected chi connectivity index (χ2v) is 4.89. The molecule has 102 valence electrons. The molecule has 0 fully saturated rings. The van der Waals surface area contributed by atoms with E-state index in [4.69, 9.17) is 44.3 Å². The van der Waals surface area contributed by atoms with Crippen molar-refractivity contribution in [3.05, 3.63) is 27.2 Å². The summed E-state index contributed by atoms with van der Waals surface area (Å²) in [7, 11) is 1.68. The van der Waals surface area contributed by atoms with Crippen molar-refractivity contribution >= 4 is 34.8 Å². The van der Waals surface area contributed by atoms with E-state index in [1.54, 1.807) is 19.2 Å². The predicted octanol–water partition coefficient (Wildman–Crippen LogP) is 3.65. The van der Waals surface area contributed by atoms with Crippen LogP contribution in [0.25, 0.3) is 0 Å². The molecular formula is C12H16Cl3NO2. The minimum atomic E-state index is 0.430. The summed E-state index contributed by atoms with van der Waals surface area (Å²) in [5.41, 5.74) is 0. The lowest BCUT2D eigenvalue weighted by molar-refractivity contribution is 0.198. The van der Waals surface area contributed by atoms with E-state index in [1.807, 2.05) is 0 Å². The molecule has 0 saturated heterocycles. The quantitative estimate of drug-likeness (QED) is 0.743. The topological polar surface area (TPSA) is 30.5 Å². The summed E-state index contributed by atoms with van der Waals surface area (Å²) < 4.78 is 10.5. The van der Waals surface area contributed by atoms with Gasteiger partial charge in [0.2, 0.25) is 0 Å². The molecule has 0 aliphatic rings. The summed E-state index contributed by atoms with van der Waals surface area (Å²) in [6, 6.07) is 3.22. The second-order valence-electron chi connectivity index (χ2n) is 3.64. The standard InChI is InChI=1S/C12H16Cl3NO2/c1-17-6-4-16-3-2-5-18-12-10(14)7-9(13)8-11(12)15/h7-8,16H,2-6H2,1H3. The van der Waals surface area contributed by atoms with E-state index in [0.717, 1.165) is 19.5 Å². The summed E-state index contributed by atoms with van der Waals surface area (Å²) in [4.78, 5) is 0. The van der Waals surface area contributed by atoms with Gasteiger partial charge in [0, 0.05) is 18.7 Å². The molecule has 0 amide bonds. The third kappa shape index (κ3) is 5.63. The molecule has 0 bridgehead atoms. The molecule has 0 heterocycles. The van der Waals surface area contributed by atoms with Crippen LogP contribution >= 0.6 is 34.8 Å². The highest BCUT2D eigenvalue weighted by Gasteiger charge is 2.08. The van der Waals surface area contributed by atoms with Crippen molar-refractivity contribution in [2.45, 2.75) is 6.42 Å². The molecule has 1 rings (SSSR count). The van der Waals surface area contributed by atoms with Crippen LogP contribution in [0.15, 0.2) is 12.1 Å². The molecule has 1 aromatic rings. The third-order valence-electron chi connectivity index (χ3n) is 2.19. The fraction of sp³-hybridized carbons (Fsp3) is 0.500. The van der Waals surface area contributed by atoms with E-state index in [1.165, 1.54) is 0 Å². The van der Waals surface area contributed by atoms with Gasteiger partial charge in [-0.1, -0.05) is 34.8 Å². The van der Waals surface area contributed by atoms with Crippen LogP contribution in [0.5, 0.6) is 5.75 Å². The predicted molar refractivity (Wildman–Crippen MR) is 76.3 cm³/mol. The van der Waals surface area contributed by atoms with Gasteiger partial charge in [0.1, 0.15) is 0 Å². The van der Waals surface area contributed by atoms with Crippen molar-refractivity contribution in [3.8, 4) is 5.75 Å². The number of ether oxygens (including phenoxy) is 2. The van der Waals surface area contributed by atoms with Crippen LogP contribution in [0, 0.1) is 0 Å². The Balaban J connectivity index is 2.27. The number of rotatable bonds is 8. The Bertz CT molecular complexity index is 351. The lowest BCUT2D eigenvalue weighted by Gasteiger charge is -2.10. The molecule has 0 spiro atoms. The van der Waals surface area contributed by atoms with Gasteiger partial charge in [-0.3, -0.25) is 0 Å². The SMILES string of the molecule is COCCNCCCOc1c(Cl)cc(Cl)cc1Cl. The van der Waals surface area contributed by atoms with Crippen molar-refractivity contribution in [1.82, 2.24) is 5.32 Å². The first kappa shape index (κ1) is 15.9. The maximum Gasteiger partial charge on any atom is 0.156 e. The zero-order chi connectivity index (χ0) is 13.4. The van der Waals surface area contributed by atoms with E-state index in [0.29, 0.717) is 34.0 Å². The van der Waals surface area contributed by atoms with E-state index in [9.17, 15) is 0 Å².